The van der Waals surface area contributed by atoms with Gasteiger partial charge in [0.2, 0.25) is 11.8 Å². The highest BCUT2D eigenvalue weighted by molar-refractivity contribution is 5.79. The van der Waals surface area contributed by atoms with Gasteiger partial charge in [0.15, 0.2) is 12.4 Å². The van der Waals surface area contributed by atoms with Gasteiger partial charge in [-0.1, -0.05) is 35.5 Å². The molecule has 0 saturated carbocycles. The van der Waals surface area contributed by atoms with Gasteiger partial charge in [0.1, 0.15) is 17.5 Å². The Labute approximate surface area is 197 Å². The maximum atomic E-state index is 12.4. The first kappa shape index (κ1) is 24.0. The van der Waals surface area contributed by atoms with Crippen LogP contribution in [0.4, 0.5) is 13.2 Å². The molecular weight excluding hydrogens is 469 g/mol. The smallest absolute Gasteiger partial charge is 0.484 e. The number of rotatable bonds is 9. The SMILES string of the molecule is O=C(COc1ccccc1)NCc1noc([C@@H]2CCC(=O)N2Cc2ccc(OC(F)(F)F)cc2)n1. The Bertz CT molecular complexity index is 1150. The number of aromatic nitrogens is 2. The summed E-state index contributed by atoms with van der Waals surface area (Å²) in [5, 5.41) is 6.49. The summed E-state index contributed by atoms with van der Waals surface area (Å²) in [5.74, 6) is 0.174. The molecule has 35 heavy (non-hydrogen) atoms. The number of hydrogen-bond acceptors (Lipinski definition) is 7. The Balaban J connectivity index is 1.31. The number of benzene rings is 2. The molecule has 12 heteroatoms. The highest BCUT2D eigenvalue weighted by Crippen LogP contribution is 2.33. The number of carbonyl (C=O) groups excluding carboxylic acids is 2. The highest BCUT2D eigenvalue weighted by Gasteiger charge is 2.36. The molecule has 1 fully saturated rings. The topological polar surface area (TPSA) is 107 Å². The first-order valence-corrected chi connectivity index (χ1v) is 10.7. The van der Waals surface area contributed by atoms with Crippen LogP contribution in [0.15, 0.2) is 59.1 Å². The second kappa shape index (κ2) is 10.5. The van der Waals surface area contributed by atoms with Crippen LogP contribution in [0.2, 0.25) is 0 Å². The van der Waals surface area contributed by atoms with Gasteiger partial charge in [-0.15, -0.1) is 13.2 Å². The average Bonchev–Trinajstić information content (AvgIpc) is 3.44. The number of likely N-dealkylation sites (tertiary alicyclic amines) is 1. The van der Waals surface area contributed by atoms with Crippen LogP contribution in [-0.4, -0.2) is 39.8 Å². The number of nitrogens with one attached hydrogen (secondary N) is 1. The van der Waals surface area contributed by atoms with E-state index in [0.29, 0.717) is 17.7 Å². The zero-order valence-corrected chi connectivity index (χ0v) is 18.3. The molecule has 0 aliphatic carbocycles. The summed E-state index contributed by atoms with van der Waals surface area (Å²) in [6.45, 7) is -0.00465. The minimum atomic E-state index is -4.78. The number of alkyl halides is 3. The molecule has 4 rings (SSSR count). The summed E-state index contributed by atoms with van der Waals surface area (Å²) in [5.41, 5.74) is 0.616. The predicted octanol–water partition coefficient (Wildman–Crippen LogP) is 3.53. The van der Waals surface area contributed by atoms with E-state index < -0.39 is 12.4 Å². The van der Waals surface area contributed by atoms with Crippen LogP contribution in [0.25, 0.3) is 0 Å². The molecule has 1 aliphatic heterocycles. The molecule has 9 nitrogen and oxygen atoms in total. The molecule has 2 heterocycles. The molecule has 3 aromatic rings. The molecule has 0 radical (unpaired) electrons. The molecule has 1 aliphatic rings. The molecule has 0 unspecified atom stereocenters. The largest absolute Gasteiger partial charge is 0.573 e. The number of para-hydroxylation sites is 1. The van der Waals surface area contributed by atoms with E-state index in [0.717, 1.165) is 0 Å². The quantitative estimate of drug-likeness (QED) is 0.489. The van der Waals surface area contributed by atoms with Crippen molar-refractivity contribution in [2.45, 2.75) is 38.3 Å². The van der Waals surface area contributed by atoms with E-state index in [4.69, 9.17) is 9.26 Å². The van der Waals surface area contributed by atoms with Gasteiger partial charge in [0.05, 0.1) is 6.54 Å². The van der Waals surface area contributed by atoms with Crippen molar-refractivity contribution in [2.75, 3.05) is 6.61 Å². The molecule has 0 bridgehead atoms. The Kier molecular flexibility index (Phi) is 7.18. The van der Waals surface area contributed by atoms with Crippen molar-refractivity contribution in [1.29, 1.82) is 0 Å². The van der Waals surface area contributed by atoms with E-state index in [1.54, 1.807) is 24.3 Å². The standard InChI is InChI=1S/C23H21F3N4O5/c24-23(25,26)34-17-8-6-15(7-9-17)13-30-18(10-11-21(30)32)22-28-19(29-35-22)12-27-20(31)14-33-16-4-2-1-3-5-16/h1-9,18H,10-14H2,(H,27,31)/t18-/m0/s1. The van der Waals surface area contributed by atoms with E-state index in [9.17, 15) is 22.8 Å². The third kappa shape index (κ3) is 6.71. The highest BCUT2D eigenvalue weighted by atomic mass is 19.4. The Hall–Kier alpha value is -4.09. The van der Waals surface area contributed by atoms with Crippen molar-refractivity contribution < 1.29 is 36.8 Å². The number of ether oxygens (including phenoxy) is 2. The van der Waals surface area contributed by atoms with Crippen molar-refractivity contribution in [3.05, 3.63) is 71.9 Å². The zero-order valence-electron chi connectivity index (χ0n) is 18.3. The number of hydrogen-bond donors (Lipinski definition) is 1. The van der Waals surface area contributed by atoms with E-state index >= 15 is 0 Å². The lowest BCUT2D eigenvalue weighted by atomic mass is 10.1. The molecule has 1 atom stereocenters. The van der Waals surface area contributed by atoms with Crippen LogP contribution in [-0.2, 0) is 22.7 Å². The van der Waals surface area contributed by atoms with Crippen molar-refractivity contribution in [1.82, 2.24) is 20.4 Å². The lowest BCUT2D eigenvalue weighted by Gasteiger charge is -2.22. The summed E-state index contributed by atoms with van der Waals surface area (Å²) in [6.07, 6.45) is -4.06. The summed E-state index contributed by atoms with van der Waals surface area (Å²) < 4.78 is 51.6. The van der Waals surface area contributed by atoms with Gasteiger partial charge in [-0.05, 0) is 36.2 Å². The second-order valence-electron chi connectivity index (χ2n) is 7.70. The Morgan fingerprint density at radius 3 is 2.57 bits per heavy atom. The fourth-order valence-electron chi connectivity index (χ4n) is 3.55. The lowest BCUT2D eigenvalue weighted by Crippen LogP contribution is -2.29. The minimum Gasteiger partial charge on any atom is -0.484 e. The fourth-order valence-corrected chi connectivity index (χ4v) is 3.55. The maximum Gasteiger partial charge on any atom is 0.573 e. The van der Waals surface area contributed by atoms with Crippen LogP contribution in [0.5, 0.6) is 11.5 Å². The van der Waals surface area contributed by atoms with Crippen LogP contribution in [0.1, 0.15) is 36.2 Å². The molecule has 1 saturated heterocycles. The number of nitrogens with zero attached hydrogens (tertiary/aromatic N) is 3. The normalized spacial score (nSPS) is 15.8. The van der Waals surface area contributed by atoms with E-state index in [2.05, 4.69) is 20.2 Å². The van der Waals surface area contributed by atoms with Crippen molar-refractivity contribution in [2.24, 2.45) is 0 Å². The van der Waals surface area contributed by atoms with Gasteiger partial charge in [0, 0.05) is 13.0 Å². The van der Waals surface area contributed by atoms with Crippen LogP contribution in [0.3, 0.4) is 0 Å². The summed E-state index contributed by atoms with van der Waals surface area (Å²) in [4.78, 5) is 30.2. The van der Waals surface area contributed by atoms with E-state index in [-0.39, 0.29) is 55.4 Å². The van der Waals surface area contributed by atoms with Gasteiger partial charge < -0.3 is 24.2 Å². The zero-order chi connectivity index (χ0) is 24.8. The van der Waals surface area contributed by atoms with E-state index in [1.165, 1.54) is 29.2 Å². The third-order valence-electron chi connectivity index (χ3n) is 5.16. The summed E-state index contributed by atoms with van der Waals surface area (Å²) in [7, 11) is 0. The van der Waals surface area contributed by atoms with Gasteiger partial charge in [-0.2, -0.15) is 4.98 Å². The summed E-state index contributed by atoms with van der Waals surface area (Å²) >= 11 is 0. The first-order chi connectivity index (χ1) is 16.8. The number of amides is 2. The molecule has 2 amide bonds. The van der Waals surface area contributed by atoms with Gasteiger partial charge in [-0.3, -0.25) is 9.59 Å². The Morgan fingerprint density at radius 2 is 1.86 bits per heavy atom. The fraction of sp³-hybridized carbons (Fsp3) is 0.304. The second-order valence-corrected chi connectivity index (χ2v) is 7.70. The molecular formula is C23H21F3N4O5. The molecule has 1 N–H and O–H groups in total. The van der Waals surface area contributed by atoms with Gasteiger partial charge in [0.25, 0.3) is 5.91 Å². The molecule has 1 aromatic heterocycles. The van der Waals surface area contributed by atoms with Gasteiger partial charge in [-0.25, -0.2) is 0 Å². The van der Waals surface area contributed by atoms with Crippen molar-refractivity contribution in [3.63, 3.8) is 0 Å². The predicted molar refractivity (Wildman–Crippen MR) is 114 cm³/mol. The van der Waals surface area contributed by atoms with Crippen molar-refractivity contribution >= 4 is 11.8 Å². The first-order valence-electron chi connectivity index (χ1n) is 10.7. The monoisotopic (exact) mass is 490 g/mol. The number of carbonyl (C=O) groups is 2. The van der Waals surface area contributed by atoms with Crippen LogP contribution >= 0.6 is 0 Å². The Morgan fingerprint density at radius 1 is 1.11 bits per heavy atom. The maximum absolute atomic E-state index is 12.4. The molecule has 184 valence electrons. The molecule has 2 aromatic carbocycles. The van der Waals surface area contributed by atoms with Crippen LogP contribution < -0.4 is 14.8 Å². The summed E-state index contributed by atoms with van der Waals surface area (Å²) in [6, 6.07) is 13.7. The van der Waals surface area contributed by atoms with Gasteiger partial charge >= 0.3 is 6.36 Å². The minimum absolute atomic E-state index is 0.0157. The van der Waals surface area contributed by atoms with E-state index in [1.807, 2.05) is 6.07 Å². The average molecular weight is 490 g/mol. The van der Waals surface area contributed by atoms with Crippen molar-refractivity contribution in [3.8, 4) is 11.5 Å². The molecule has 0 spiro atoms. The lowest BCUT2D eigenvalue weighted by molar-refractivity contribution is -0.274. The third-order valence-corrected chi connectivity index (χ3v) is 5.16. The van der Waals surface area contributed by atoms with Crippen LogP contribution in [0, 0.1) is 0 Å². The number of halogens is 3.